The lowest BCUT2D eigenvalue weighted by Gasteiger charge is -2.09. The number of hydrogen-bond acceptors (Lipinski definition) is 2. The molecule has 3 heteroatoms. The van der Waals surface area contributed by atoms with Crippen molar-refractivity contribution in [3.8, 4) is 0 Å². The smallest absolute Gasteiger partial charge is 0.0945 e. The van der Waals surface area contributed by atoms with Gasteiger partial charge in [-0.05, 0) is 26.8 Å². The van der Waals surface area contributed by atoms with Crippen LogP contribution in [0, 0.1) is 0 Å². The molecule has 0 radical (unpaired) electrons. The second-order valence-corrected chi connectivity index (χ2v) is 3.49. The molecule has 1 aromatic rings. The standard InChI is InChI=1S/C10H19N3/c1-10(11-2)5-3-4-7-13-8-6-12-9-13/h6,8-11H,3-5,7H2,1-2H3. The summed E-state index contributed by atoms with van der Waals surface area (Å²) in [6, 6.07) is 0.641. The zero-order valence-electron chi connectivity index (χ0n) is 8.53. The monoisotopic (exact) mass is 181 g/mol. The van der Waals surface area contributed by atoms with Gasteiger partial charge in [0.15, 0.2) is 0 Å². The molecule has 1 N–H and O–H groups in total. The topological polar surface area (TPSA) is 29.9 Å². The van der Waals surface area contributed by atoms with E-state index in [4.69, 9.17) is 0 Å². The van der Waals surface area contributed by atoms with E-state index in [9.17, 15) is 0 Å². The van der Waals surface area contributed by atoms with E-state index in [-0.39, 0.29) is 0 Å². The average molecular weight is 181 g/mol. The summed E-state index contributed by atoms with van der Waals surface area (Å²) in [4.78, 5) is 4.00. The number of imidazole rings is 1. The van der Waals surface area contributed by atoms with Crippen molar-refractivity contribution in [2.45, 2.75) is 38.8 Å². The SMILES string of the molecule is CNC(C)CCCCn1ccnc1. The van der Waals surface area contributed by atoms with E-state index >= 15 is 0 Å². The van der Waals surface area contributed by atoms with E-state index in [1.54, 1.807) is 0 Å². The van der Waals surface area contributed by atoms with E-state index < -0.39 is 0 Å². The first kappa shape index (κ1) is 10.3. The lowest BCUT2D eigenvalue weighted by molar-refractivity contribution is 0.505. The van der Waals surface area contributed by atoms with Crippen LogP contribution in [0.4, 0.5) is 0 Å². The number of rotatable bonds is 6. The van der Waals surface area contributed by atoms with E-state index in [0.29, 0.717) is 6.04 Å². The third kappa shape index (κ3) is 4.08. The molecule has 0 fully saturated rings. The van der Waals surface area contributed by atoms with Crippen LogP contribution in [0.5, 0.6) is 0 Å². The minimum atomic E-state index is 0.641. The van der Waals surface area contributed by atoms with Crippen molar-refractivity contribution < 1.29 is 0 Å². The summed E-state index contributed by atoms with van der Waals surface area (Å²) < 4.78 is 2.13. The van der Waals surface area contributed by atoms with Gasteiger partial charge in [0.05, 0.1) is 6.33 Å². The molecule has 1 aromatic heterocycles. The molecular weight excluding hydrogens is 162 g/mol. The summed E-state index contributed by atoms with van der Waals surface area (Å²) in [6.45, 7) is 3.31. The molecular formula is C10H19N3. The first-order chi connectivity index (χ1) is 6.33. The first-order valence-corrected chi connectivity index (χ1v) is 4.96. The molecule has 0 aliphatic heterocycles. The van der Waals surface area contributed by atoms with E-state index in [1.165, 1.54) is 19.3 Å². The Balaban J connectivity index is 2.02. The van der Waals surface area contributed by atoms with E-state index in [2.05, 4.69) is 21.8 Å². The third-order valence-corrected chi connectivity index (χ3v) is 2.36. The molecule has 74 valence electrons. The third-order valence-electron chi connectivity index (χ3n) is 2.36. The molecule has 0 aliphatic rings. The van der Waals surface area contributed by atoms with Crippen molar-refractivity contribution in [1.82, 2.24) is 14.9 Å². The number of aryl methyl sites for hydroxylation is 1. The van der Waals surface area contributed by atoms with E-state index in [0.717, 1.165) is 6.54 Å². The largest absolute Gasteiger partial charge is 0.337 e. The van der Waals surface area contributed by atoms with Gasteiger partial charge < -0.3 is 9.88 Å². The summed E-state index contributed by atoms with van der Waals surface area (Å²) >= 11 is 0. The molecule has 1 rings (SSSR count). The molecule has 3 nitrogen and oxygen atoms in total. The fourth-order valence-corrected chi connectivity index (χ4v) is 1.31. The molecule has 0 aliphatic carbocycles. The summed E-state index contributed by atoms with van der Waals surface area (Å²) in [7, 11) is 2.01. The van der Waals surface area contributed by atoms with Gasteiger partial charge in [0, 0.05) is 25.0 Å². The molecule has 0 aromatic carbocycles. The van der Waals surface area contributed by atoms with Crippen LogP contribution < -0.4 is 5.32 Å². The number of nitrogens with zero attached hydrogens (tertiary/aromatic N) is 2. The highest BCUT2D eigenvalue weighted by atomic mass is 15.0. The quantitative estimate of drug-likeness (QED) is 0.676. The lowest BCUT2D eigenvalue weighted by Crippen LogP contribution is -2.20. The maximum absolute atomic E-state index is 4.00. The number of nitrogens with one attached hydrogen (secondary N) is 1. The normalized spacial score (nSPS) is 13.1. The Labute approximate surface area is 80.2 Å². The highest BCUT2D eigenvalue weighted by molar-refractivity contribution is 4.73. The fourth-order valence-electron chi connectivity index (χ4n) is 1.31. The van der Waals surface area contributed by atoms with Crippen molar-refractivity contribution in [1.29, 1.82) is 0 Å². The minimum absolute atomic E-state index is 0.641. The van der Waals surface area contributed by atoms with Gasteiger partial charge in [-0.1, -0.05) is 6.42 Å². The fraction of sp³-hybridized carbons (Fsp3) is 0.700. The van der Waals surface area contributed by atoms with Gasteiger partial charge in [-0.25, -0.2) is 4.98 Å². The van der Waals surface area contributed by atoms with Crippen molar-refractivity contribution in [3.63, 3.8) is 0 Å². The summed E-state index contributed by atoms with van der Waals surface area (Å²) in [6.07, 6.45) is 9.49. The molecule has 0 spiro atoms. The van der Waals surface area contributed by atoms with Gasteiger partial charge in [0.1, 0.15) is 0 Å². The summed E-state index contributed by atoms with van der Waals surface area (Å²) in [5.41, 5.74) is 0. The lowest BCUT2D eigenvalue weighted by atomic mass is 10.1. The Kier molecular flexibility index (Phi) is 4.54. The van der Waals surface area contributed by atoms with Gasteiger partial charge in [0.2, 0.25) is 0 Å². The van der Waals surface area contributed by atoms with Crippen LogP contribution in [-0.2, 0) is 6.54 Å². The summed E-state index contributed by atoms with van der Waals surface area (Å²) in [5, 5.41) is 3.24. The predicted molar refractivity (Wildman–Crippen MR) is 54.6 cm³/mol. The molecule has 0 saturated heterocycles. The number of unbranched alkanes of at least 4 members (excludes halogenated alkanes) is 1. The Hall–Kier alpha value is -0.830. The Morgan fingerprint density at radius 3 is 2.92 bits per heavy atom. The Bertz CT molecular complexity index is 206. The van der Waals surface area contributed by atoms with Gasteiger partial charge in [-0.2, -0.15) is 0 Å². The van der Waals surface area contributed by atoms with Crippen molar-refractivity contribution in [3.05, 3.63) is 18.7 Å². The highest BCUT2D eigenvalue weighted by Crippen LogP contribution is 2.01. The maximum atomic E-state index is 4.00. The molecule has 0 amide bonds. The van der Waals surface area contributed by atoms with Gasteiger partial charge in [0.25, 0.3) is 0 Å². The Morgan fingerprint density at radius 1 is 1.46 bits per heavy atom. The summed E-state index contributed by atoms with van der Waals surface area (Å²) in [5.74, 6) is 0. The minimum Gasteiger partial charge on any atom is -0.337 e. The highest BCUT2D eigenvalue weighted by Gasteiger charge is 1.97. The zero-order chi connectivity index (χ0) is 9.52. The van der Waals surface area contributed by atoms with Crippen molar-refractivity contribution in [2.24, 2.45) is 0 Å². The molecule has 1 unspecified atom stereocenters. The van der Waals surface area contributed by atoms with Crippen LogP contribution in [0.2, 0.25) is 0 Å². The second-order valence-electron chi connectivity index (χ2n) is 3.49. The van der Waals surface area contributed by atoms with Crippen LogP contribution in [0.1, 0.15) is 26.2 Å². The predicted octanol–water partition coefficient (Wildman–Crippen LogP) is 1.66. The molecule has 1 heterocycles. The van der Waals surface area contributed by atoms with Gasteiger partial charge in [-0.3, -0.25) is 0 Å². The average Bonchev–Trinajstić information content (AvgIpc) is 2.64. The second kappa shape index (κ2) is 5.75. The van der Waals surface area contributed by atoms with Crippen LogP contribution in [0.3, 0.4) is 0 Å². The van der Waals surface area contributed by atoms with Gasteiger partial charge in [-0.15, -0.1) is 0 Å². The number of aromatic nitrogens is 2. The number of hydrogen-bond donors (Lipinski definition) is 1. The van der Waals surface area contributed by atoms with Crippen molar-refractivity contribution in [2.75, 3.05) is 7.05 Å². The maximum Gasteiger partial charge on any atom is 0.0945 e. The van der Waals surface area contributed by atoms with Crippen LogP contribution in [-0.4, -0.2) is 22.6 Å². The van der Waals surface area contributed by atoms with Gasteiger partial charge >= 0.3 is 0 Å². The van der Waals surface area contributed by atoms with Crippen LogP contribution in [0.15, 0.2) is 18.7 Å². The van der Waals surface area contributed by atoms with E-state index in [1.807, 2.05) is 25.8 Å². The molecule has 13 heavy (non-hydrogen) atoms. The van der Waals surface area contributed by atoms with Crippen LogP contribution >= 0.6 is 0 Å². The first-order valence-electron chi connectivity index (χ1n) is 4.96. The van der Waals surface area contributed by atoms with Crippen LogP contribution in [0.25, 0.3) is 0 Å². The molecule has 0 bridgehead atoms. The Morgan fingerprint density at radius 2 is 2.31 bits per heavy atom. The zero-order valence-corrected chi connectivity index (χ0v) is 8.53. The molecule has 1 atom stereocenters. The van der Waals surface area contributed by atoms with Crippen molar-refractivity contribution >= 4 is 0 Å². The molecule has 0 saturated carbocycles.